The number of carbonyl (C=O) groups is 2. The third kappa shape index (κ3) is 3.85. The molecule has 0 unspecified atom stereocenters. The molecule has 0 saturated carbocycles. The quantitative estimate of drug-likeness (QED) is 0.627. The number of para-hydroxylation sites is 1. The molecule has 152 valence electrons. The molecule has 9 heteroatoms. The number of nitrogens with zero attached hydrogens (tertiary/aromatic N) is 4. The molecule has 0 aliphatic carbocycles. The average Bonchev–Trinajstić information content (AvgIpc) is 3.17. The number of fused-ring (bicyclic) bond motifs is 1. The number of H-pyrrole nitrogens is 1. The fourth-order valence-electron chi connectivity index (χ4n) is 4.04. The first kappa shape index (κ1) is 19.1. The lowest BCUT2D eigenvalue weighted by molar-refractivity contribution is -0.385. The van der Waals surface area contributed by atoms with Crippen molar-refractivity contribution in [3.05, 3.63) is 56.9 Å². The van der Waals surface area contributed by atoms with Crippen LogP contribution >= 0.6 is 0 Å². The minimum Gasteiger partial charge on any atom is -0.338 e. The highest BCUT2D eigenvalue weighted by molar-refractivity contribution is 5.94. The first-order valence-corrected chi connectivity index (χ1v) is 9.90. The van der Waals surface area contributed by atoms with E-state index in [-0.39, 0.29) is 23.9 Å². The van der Waals surface area contributed by atoms with E-state index in [1.807, 2.05) is 4.90 Å². The standard InChI is InChI=1S/C20H23N5O4/c26-18(12-14-6-2-3-7-17(14)25(28)29)24-11-8-16-15(13-24)19(22-21-16)20(27)23-9-4-1-5-10-23/h2-3,6-7H,1,4-5,8-13H2,(H,21,22). The number of carbonyl (C=O) groups excluding carboxylic acids is 2. The Morgan fingerprint density at radius 1 is 1.10 bits per heavy atom. The molecule has 1 N–H and O–H groups in total. The number of hydrogen-bond acceptors (Lipinski definition) is 5. The summed E-state index contributed by atoms with van der Waals surface area (Å²) in [5.74, 6) is -0.280. The van der Waals surface area contributed by atoms with E-state index < -0.39 is 4.92 Å². The monoisotopic (exact) mass is 397 g/mol. The number of aromatic nitrogens is 2. The predicted octanol–water partition coefficient (Wildman–Crippen LogP) is 2.07. The van der Waals surface area contributed by atoms with Crippen molar-refractivity contribution in [2.75, 3.05) is 19.6 Å². The number of nitrogens with one attached hydrogen (secondary N) is 1. The van der Waals surface area contributed by atoms with Crippen molar-refractivity contribution in [2.45, 2.75) is 38.6 Å². The van der Waals surface area contributed by atoms with Crippen LogP contribution in [0.4, 0.5) is 5.69 Å². The van der Waals surface area contributed by atoms with Crippen LogP contribution in [0.3, 0.4) is 0 Å². The van der Waals surface area contributed by atoms with Gasteiger partial charge in [0, 0.05) is 55.5 Å². The number of nitro benzene ring substituents is 1. The summed E-state index contributed by atoms with van der Waals surface area (Å²) < 4.78 is 0. The van der Waals surface area contributed by atoms with E-state index in [0.717, 1.165) is 43.6 Å². The van der Waals surface area contributed by atoms with Crippen LogP contribution < -0.4 is 0 Å². The van der Waals surface area contributed by atoms with Gasteiger partial charge in [0.05, 0.1) is 11.3 Å². The van der Waals surface area contributed by atoms with E-state index in [1.165, 1.54) is 6.07 Å². The number of amides is 2. The Bertz CT molecular complexity index is 948. The van der Waals surface area contributed by atoms with Gasteiger partial charge in [-0.1, -0.05) is 18.2 Å². The zero-order valence-electron chi connectivity index (χ0n) is 16.1. The lowest BCUT2D eigenvalue weighted by Crippen LogP contribution is -2.39. The molecule has 2 amide bonds. The third-order valence-electron chi connectivity index (χ3n) is 5.66. The maximum absolute atomic E-state index is 12.9. The van der Waals surface area contributed by atoms with E-state index in [4.69, 9.17) is 0 Å². The minimum atomic E-state index is -0.470. The predicted molar refractivity (Wildman–Crippen MR) is 104 cm³/mol. The van der Waals surface area contributed by atoms with Gasteiger partial charge < -0.3 is 9.80 Å². The smallest absolute Gasteiger partial charge is 0.274 e. The molecule has 2 aliphatic rings. The van der Waals surface area contributed by atoms with Crippen LogP contribution in [0, 0.1) is 10.1 Å². The fraction of sp³-hybridized carbons (Fsp3) is 0.450. The van der Waals surface area contributed by atoms with Gasteiger partial charge in [-0.15, -0.1) is 0 Å². The second kappa shape index (κ2) is 8.02. The molecule has 0 spiro atoms. The van der Waals surface area contributed by atoms with Crippen LogP contribution in [0.2, 0.25) is 0 Å². The first-order valence-electron chi connectivity index (χ1n) is 9.90. The zero-order chi connectivity index (χ0) is 20.4. The summed E-state index contributed by atoms with van der Waals surface area (Å²) in [7, 11) is 0. The van der Waals surface area contributed by atoms with Crippen molar-refractivity contribution < 1.29 is 14.5 Å². The van der Waals surface area contributed by atoms with Gasteiger partial charge in [0.1, 0.15) is 0 Å². The van der Waals surface area contributed by atoms with Gasteiger partial charge in [-0.25, -0.2) is 0 Å². The summed E-state index contributed by atoms with van der Waals surface area (Å²) in [4.78, 5) is 39.9. The van der Waals surface area contributed by atoms with Crippen molar-refractivity contribution in [3.63, 3.8) is 0 Å². The number of benzene rings is 1. The second-order valence-electron chi connectivity index (χ2n) is 7.51. The lowest BCUT2D eigenvalue weighted by atomic mass is 10.0. The third-order valence-corrected chi connectivity index (χ3v) is 5.66. The number of piperidine rings is 1. The zero-order valence-corrected chi connectivity index (χ0v) is 16.1. The first-order chi connectivity index (χ1) is 14.0. The van der Waals surface area contributed by atoms with Gasteiger partial charge >= 0.3 is 0 Å². The molecule has 0 bridgehead atoms. The molecular formula is C20H23N5O4. The lowest BCUT2D eigenvalue weighted by Gasteiger charge is -2.29. The van der Waals surface area contributed by atoms with Crippen LogP contribution in [0.25, 0.3) is 0 Å². The Morgan fingerprint density at radius 2 is 1.86 bits per heavy atom. The molecule has 1 aromatic heterocycles. The van der Waals surface area contributed by atoms with Crippen LogP contribution in [-0.2, 0) is 24.2 Å². The summed E-state index contributed by atoms with van der Waals surface area (Å²) in [6.07, 6.45) is 3.67. The van der Waals surface area contributed by atoms with Gasteiger partial charge in [-0.2, -0.15) is 5.10 Å². The van der Waals surface area contributed by atoms with E-state index in [0.29, 0.717) is 30.8 Å². The maximum Gasteiger partial charge on any atom is 0.274 e. The summed E-state index contributed by atoms with van der Waals surface area (Å²) in [6.45, 7) is 2.26. The summed E-state index contributed by atoms with van der Waals surface area (Å²) in [6, 6.07) is 6.29. The molecule has 1 saturated heterocycles. The summed E-state index contributed by atoms with van der Waals surface area (Å²) in [5, 5.41) is 18.4. The molecule has 2 aromatic rings. The van der Waals surface area contributed by atoms with Crippen molar-refractivity contribution >= 4 is 17.5 Å². The average molecular weight is 397 g/mol. The van der Waals surface area contributed by atoms with Crippen molar-refractivity contribution in [1.82, 2.24) is 20.0 Å². The van der Waals surface area contributed by atoms with Crippen molar-refractivity contribution in [1.29, 1.82) is 0 Å². The fourth-order valence-corrected chi connectivity index (χ4v) is 4.04. The largest absolute Gasteiger partial charge is 0.338 e. The maximum atomic E-state index is 12.9. The van der Waals surface area contributed by atoms with Crippen molar-refractivity contribution in [3.8, 4) is 0 Å². The van der Waals surface area contributed by atoms with Gasteiger partial charge in [-0.05, 0) is 19.3 Å². The van der Waals surface area contributed by atoms with Gasteiger partial charge in [0.25, 0.3) is 11.6 Å². The van der Waals surface area contributed by atoms with Crippen LogP contribution in [0.15, 0.2) is 24.3 Å². The normalized spacial score (nSPS) is 16.4. The Kier molecular flexibility index (Phi) is 5.28. The Hall–Kier alpha value is -3.23. The molecular weight excluding hydrogens is 374 g/mol. The SMILES string of the molecule is O=C(Cc1ccccc1[N+](=O)[O-])N1CCc2[nH]nc(C(=O)N3CCCCC3)c2C1. The number of hydrogen-bond donors (Lipinski definition) is 1. The topological polar surface area (TPSA) is 112 Å². The molecule has 2 aliphatic heterocycles. The van der Waals surface area contributed by atoms with Gasteiger partial charge in [-0.3, -0.25) is 24.8 Å². The number of rotatable bonds is 4. The second-order valence-corrected chi connectivity index (χ2v) is 7.51. The van der Waals surface area contributed by atoms with Crippen molar-refractivity contribution in [2.24, 2.45) is 0 Å². The van der Waals surface area contributed by atoms with E-state index in [9.17, 15) is 19.7 Å². The Labute approximate surface area is 167 Å². The van der Waals surface area contributed by atoms with Gasteiger partial charge in [0.2, 0.25) is 5.91 Å². The van der Waals surface area contributed by atoms with Crippen LogP contribution in [0.1, 0.15) is 46.6 Å². The minimum absolute atomic E-state index is 0.0419. The number of nitro groups is 1. The molecule has 3 heterocycles. The molecule has 29 heavy (non-hydrogen) atoms. The van der Waals surface area contributed by atoms with Crippen LogP contribution in [0.5, 0.6) is 0 Å². The highest BCUT2D eigenvalue weighted by atomic mass is 16.6. The number of likely N-dealkylation sites (tertiary alicyclic amines) is 1. The van der Waals surface area contributed by atoms with Crippen LogP contribution in [-0.4, -0.2) is 56.4 Å². The Balaban J connectivity index is 1.50. The molecule has 4 rings (SSSR count). The summed E-state index contributed by atoms with van der Waals surface area (Å²) >= 11 is 0. The summed E-state index contributed by atoms with van der Waals surface area (Å²) in [5.41, 5.74) is 2.39. The van der Waals surface area contributed by atoms with E-state index in [2.05, 4.69) is 10.2 Å². The van der Waals surface area contributed by atoms with Gasteiger partial charge in [0.15, 0.2) is 5.69 Å². The number of aromatic amines is 1. The molecule has 1 aromatic carbocycles. The highest BCUT2D eigenvalue weighted by Gasteiger charge is 2.30. The highest BCUT2D eigenvalue weighted by Crippen LogP contribution is 2.25. The molecule has 1 fully saturated rings. The van der Waals surface area contributed by atoms with E-state index >= 15 is 0 Å². The molecule has 9 nitrogen and oxygen atoms in total. The van der Waals surface area contributed by atoms with E-state index in [1.54, 1.807) is 23.1 Å². The molecule has 0 atom stereocenters. The Morgan fingerprint density at radius 3 is 2.62 bits per heavy atom. The molecule has 0 radical (unpaired) electrons.